The van der Waals surface area contributed by atoms with Gasteiger partial charge in [0.1, 0.15) is 5.82 Å². The number of benzene rings is 1. The Morgan fingerprint density at radius 1 is 1.19 bits per heavy atom. The summed E-state index contributed by atoms with van der Waals surface area (Å²) < 4.78 is 0. The van der Waals surface area contributed by atoms with E-state index in [0.29, 0.717) is 35.7 Å². The van der Waals surface area contributed by atoms with E-state index in [2.05, 4.69) is 28.7 Å². The molecule has 1 saturated heterocycles. The first kappa shape index (κ1) is 17.4. The topological polar surface area (TPSA) is 66.8 Å². The zero-order chi connectivity index (χ0) is 18.5. The number of aromatic nitrogens is 1. The highest BCUT2D eigenvalue weighted by Gasteiger charge is 2.26. The molecule has 1 N–H and O–H groups in total. The summed E-state index contributed by atoms with van der Waals surface area (Å²) in [5.74, 6) is 0.816. The van der Waals surface area contributed by atoms with Crippen LogP contribution in [0.5, 0.6) is 0 Å². The van der Waals surface area contributed by atoms with Crippen LogP contribution in [-0.2, 0) is 9.63 Å². The quantitative estimate of drug-likeness (QED) is 0.487. The van der Waals surface area contributed by atoms with Gasteiger partial charge in [-0.2, -0.15) is 5.10 Å². The molecule has 6 nitrogen and oxygen atoms in total. The fraction of sp³-hybridized carbons (Fsp3) is 0.150. The largest absolute Gasteiger partial charge is 0.372 e. The van der Waals surface area contributed by atoms with Crippen molar-refractivity contribution in [3.63, 3.8) is 0 Å². The Hall–Kier alpha value is -3.41. The van der Waals surface area contributed by atoms with Gasteiger partial charge in [-0.25, -0.2) is 4.98 Å². The maximum Gasteiger partial charge on any atom is 0.260 e. The normalized spacial score (nSPS) is 14.5. The molecule has 132 valence electrons. The van der Waals surface area contributed by atoms with Gasteiger partial charge in [0.05, 0.1) is 11.4 Å². The number of hydrazone groups is 1. The molecule has 26 heavy (non-hydrogen) atoms. The fourth-order valence-electron chi connectivity index (χ4n) is 2.42. The molecule has 2 heterocycles. The van der Waals surface area contributed by atoms with Crippen molar-refractivity contribution in [2.24, 2.45) is 5.10 Å². The van der Waals surface area contributed by atoms with Gasteiger partial charge >= 0.3 is 0 Å². The zero-order valence-electron chi connectivity index (χ0n) is 14.6. The minimum absolute atomic E-state index is 0.117. The predicted molar refractivity (Wildman–Crippen MR) is 102 cm³/mol. The molecule has 1 fully saturated rings. The van der Waals surface area contributed by atoms with Gasteiger partial charge in [-0.1, -0.05) is 43.5 Å². The average molecular weight is 348 g/mol. The molecular formula is C20H20N4O2. The standard InChI is InChI=1S/C20H20N4O2/c1-14-9-12-20(25)24(14)26-16(3)18-10-11-19(21-13-18)23-22-15(2)17-7-5-4-6-8-17/h4-8,10-11,13H,1,3,9,12H2,2H3,(H,21,23)/b22-15+. The molecule has 1 aliphatic rings. The van der Waals surface area contributed by atoms with Crippen molar-refractivity contribution in [2.75, 3.05) is 5.43 Å². The second-order valence-corrected chi connectivity index (χ2v) is 5.88. The molecule has 1 amide bonds. The Kier molecular flexibility index (Phi) is 5.12. The summed E-state index contributed by atoms with van der Waals surface area (Å²) in [6.45, 7) is 9.59. The molecule has 2 aromatic rings. The van der Waals surface area contributed by atoms with Crippen molar-refractivity contribution < 1.29 is 9.63 Å². The molecule has 0 saturated carbocycles. The maximum absolute atomic E-state index is 11.7. The molecule has 1 aromatic carbocycles. The van der Waals surface area contributed by atoms with Crippen LogP contribution in [0.2, 0.25) is 0 Å². The number of carbonyl (C=O) groups is 1. The fourth-order valence-corrected chi connectivity index (χ4v) is 2.42. The van der Waals surface area contributed by atoms with Gasteiger partial charge in [0.25, 0.3) is 5.91 Å². The van der Waals surface area contributed by atoms with E-state index in [1.54, 1.807) is 18.3 Å². The van der Waals surface area contributed by atoms with E-state index in [1.807, 2.05) is 37.3 Å². The van der Waals surface area contributed by atoms with Crippen LogP contribution in [0.4, 0.5) is 5.82 Å². The molecule has 0 bridgehead atoms. The lowest BCUT2D eigenvalue weighted by Gasteiger charge is -2.18. The van der Waals surface area contributed by atoms with Crippen LogP contribution in [0, 0.1) is 0 Å². The van der Waals surface area contributed by atoms with Crippen LogP contribution >= 0.6 is 0 Å². The van der Waals surface area contributed by atoms with Crippen molar-refractivity contribution in [1.29, 1.82) is 0 Å². The van der Waals surface area contributed by atoms with Gasteiger partial charge < -0.3 is 4.84 Å². The summed E-state index contributed by atoms with van der Waals surface area (Å²) in [7, 11) is 0. The van der Waals surface area contributed by atoms with Gasteiger partial charge in [-0.3, -0.25) is 10.2 Å². The molecule has 3 rings (SSSR count). The predicted octanol–water partition coefficient (Wildman–Crippen LogP) is 3.96. The third-order valence-corrected chi connectivity index (χ3v) is 3.96. The summed E-state index contributed by atoms with van der Waals surface area (Å²) >= 11 is 0. The molecule has 0 unspecified atom stereocenters. The SMILES string of the molecule is C=C(ON1C(=C)CCC1=O)c1ccc(N/N=C(\C)c2ccccc2)nc1. The Morgan fingerprint density at radius 3 is 2.58 bits per heavy atom. The van der Waals surface area contributed by atoms with Crippen molar-refractivity contribution in [2.45, 2.75) is 19.8 Å². The van der Waals surface area contributed by atoms with Crippen LogP contribution < -0.4 is 5.43 Å². The minimum Gasteiger partial charge on any atom is -0.372 e. The number of hydroxylamine groups is 2. The third-order valence-electron chi connectivity index (χ3n) is 3.96. The van der Waals surface area contributed by atoms with E-state index in [0.717, 1.165) is 11.3 Å². The van der Waals surface area contributed by atoms with E-state index in [4.69, 9.17) is 4.84 Å². The lowest BCUT2D eigenvalue weighted by molar-refractivity contribution is -0.150. The molecular weight excluding hydrogens is 328 g/mol. The molecule has 0 spiro atoms. The molecule has 0 atom stereocenters. The van der Waals surface area contributed by atoms with Gasteiger partial charge in [-0.15, -0.1) is 5.06 Å². The zero-order valence-corrected chi connectivity index (χ0v) is 14.6. The summed E-state index contributed by atoms with van der Waals surface area (Å²) in [5.41, 5.74) is 6.12. The molecule has 1 aromatic heterocycles. The second-order valence-electron chi connectivity index (χ2n) is 5.88. The Balaban J connectivity index is 1.62. The number of hydrogen-bond donors (Lipinski definition) is 1. The summed E-state index contributed by atoms with van der Waals surface area (Å²) in [6, 6.07) is 13.4. The van der Waals surface area contributed by atoms with Crippen LogP contribution in [0.25, 0.3) is 5.76 Å². The van der Waals surface area contributed by atoms with E-state index < -0.39 is 0 Å². The second kappa shape index (κ2) is 7.65. The Labute approximate surface area is 152 Å². The first-order valence-electron chi connectivity index (χ1n) is 8.24. The van der Waals surface area contributed by atoms with Gasteiger partial charge in [0.2, 0.25) is 0 Å². The van der Waals surface area contributed by atoms with Crippen LogP contribution in [-0.4, -0.2) is 21.7 Å². The lowest BCUT2D eigenvalue weighted by Crippen LogP contribution is -2.22. The highest BCUT2D eigenvalue weighted by atomic mass is 16.7. The molecule has 1 aliphatic heterocycles. The number of nitrogens with zero attached hydrogens (tertiary/aromatic N) is 3. The molecule has 0 radical (unpaired) electrons. The van der Waals surface area contributed by atoms with Crippen LogP contribution in [0.15, 0.2) is 72.6 Å². The third kappa shape index (κ3) is 3.97. The number of amides is 1. The van der Waals surface area contributed by atoms with Gasteiger partial charge in [0.15, 0.2) is 5.76 Å². The van der Waals surface area contributed by atoms with Crippen LogP contribution in [0.1, 0.15) is 30.9 Å². The average Bonchev–Trinajstić information content (AvgIpc) is 2.99. The van der Waals surface area contributed by atoms with Crippen molar-refractivity contribution >= 4 is 23.2 Å². The molecule has 0 aliphatic carbocycles. The van der Waals surface area contributed by atoms with Crippen molar-refractivity contribution in [1.82, 2.24) is 10.0 Å². The smallest absolute Gasteiger partial charge is 0.260 e. The first-order valence-corrected chi connectivity index (χ1v) is 8.24. The number of rotatable bonds is 6. The highest BCUT2D eigenvalue weighted by Crippen LogP contribution is 2.25. The van der Waals surface area contributed by atoms with Crippen LogP contribution in [0.3, 0.4) is 0 Å². The number of carbonyl (C=O) groups excluding carboxylic acids is 1. The Bertz CT molecular complexity index is 841. The lowest BCUT2D eigenvalue weighted by atomic mass is 10.1. The maximum atomic E-state index is 11.7. The van der Waals surface area contributed by atoms with E-state index in [9.17, 15) is 4.79 Å². The highest BCUT2D eigenvalue weighted by molar-refractivity contribution is 5.98. The van der Waals surface area contributed by atoms with E-state index in [-0.39, 0.29) is 5.91 Å². The minimum atomic E-state index is -0.117. The summed E-state index contributed by atoms with van der Waals surface area (Å²) in [4.78, 5) is 21.5. The monoisotopic (exact) mass is 348 g/mol. The van der Waals surface area contributed by atoms with E-state index >= 15 is 0 Å². The first-order chi connectivity index (χ1) is 12.5. The Morgan fingerprint density at radius 2 is 1.96 bits per heavy atom. The number of anilines is 1. The van der Waals surface area contributed by atoms with E-state index in [1.165, 1.54) is 5.06 Å². The number of allylic oxidation sites excluding steroid dienone is 1. The molecule has 6 heteroatoms. The number of nitrogens with one attached hydrogen (secondary N) is 1. The summed E-state index contributed by atoms with van der Waals surface area (Å²) in [5, 5.41) is 5.52. The number of hydrogen-bond acceptors (Lipinski definition) is 5. The van der Waals surface area contributed by atoms with Crippen molar-refractivity contribution in [3.8, 4) is 0 Å². The van der Waals surface area contributed by atoms with Gasteiger partial charge in [0, 0.05) is 18.2 Å². The summed E-state index contributed by atoms with van der Waals surface area (Å²) in [6.07, 6.45) is 2.62. The van der Waals surface area contributed by atoms with Crippen molar-refractivity contribution in [3.05, 3.63) is 78.6 Å². The van der Waals surface area contributed by atoms with Gasteiger partial charge in [-0.05, 0) is 31.0 Å². The number of pyridine rings is 1.